The molecule has 0 fully saturated rings. The van der Waals surface area contributed by atoms with Crippen LogP contribution in [0.3, 0.4) is 0 Å². The van der Waals surface area contributed by atoms with Gasteiger partial charge in [-0.25, -0.2) is 4.99 Å². The molecule has 0 aliphatic rings. The van der Waals surface area contributed by atoms with Gasteiger partial charge in [0, 0.05) is 18.7 Å². The molecule has 0 unspecified atom stereocenters. The van der Waals surface area contributed by atoms with Crippen LogP contribution in [0.15, 0.2) is 41.9 Å². The molecule has 0 aromatic heterocycles. The summed E-state index contributed by atoms with van der Waals surface area (Å²) in [6.07, 6.45) is -3.45. The molecule has 0 saturated carbocycles. The summed E-state index contributed by atoms with van der Waals surface area (Å²) in [5.74, 6) is 1.03. The third kappa shape index (κ3) is 9.64. The molecule has 1 aromatic rings. The van der Waals surface area contributed by atoms with E-state index in [9.17, 15) is 13.2 Å². The van der Waals surface area contributed by atoms with Crippen molar-refractivity contribution in [3.8, 4) is 5.75 Å². The number of ether oxygens (including phenoxy) is 1. The fraction of sp³-hybridized carbons (Fsp3) is 0.438. The lowest BCUT2D eigenvalue weighted by molar-refractivity contribution is -0.132. The number of halogens is 4. The van der Waals surface area contributed by atoms with Crippen LogP contribution in [-0.2, 0) is 6.54 Å². The smallest absolute Gasteiger partial charge is 0.390 e. The van der Waals surface area contributed by atoms with Crippen LogP contribution in [0.25, 0.3) is 0 Å². The van der Waals surface area contributed by atoms with E-state index in [2.05, 4.69) is 22.2 Å². The molecule has 2 N–H and O–H groups in total. The fourth-order valence-electron chi connectivity index (χ4n) is 1.75. The van der Waals surface area contributed by atoms with Crippen LogP contribution in [-0.4, -0.2) is 31.8 Å². The van der Waals surface area contributed by atoms with E-state index in [4.69, 9.17) is 4.74 Å². The minimum absolute atomic E-state index is 0. The van der Waals surface area contributed by atoms with E-state index >= 15 is 0 Å². The van der Waals surface area contributed by atoms with Gasteiger partial charge in [0.2, 0.25) is 0 Å². The van der Waals surface area contributed by atoms with Gasteiger partial charge in [0.05, 0.1) is 13.0 Å². The maximum atomic E-state index is 12.2. The molecule has 1 rings (SSSR count). The van der Waals surface area contributed by atoms with Crippen molar-refractivity contribution in [1.29, 1.82) is 0 Å². The highest BCUT2D eigenvalue weighted by Gasteiger charge is 2.26. The van der Waals surface area contributed by atoms with Crippen LogP contribution in [0, 0.1) is 0 Å². The first-order valence-electron chi connectivity index (χ1n) is 7.36. The molecule has 1 aromatic carbocycles. The standard InChI is InChI=1S/C16H22F3N3O.HI/c1-3-11-23-14-8-6-5-7-13(14)12-22-15(20-4-2)21-10-9-16(17,18)19;/h3,5-8H,1,4,9-12H2,2H3,(H2,20,21,22);1H. The Hall–Kier alpha value is -1.45. The second kappa shape index (κ2) is 12.0. The summed E-state index contributed by atoms with van der Waals surface area (Å²) in [5, 5.41) is 5.59. The van der Waals surface area contributed by atoms with Gasteiger partial charge in [0.25, 0.3) is 0 Å². The Labute approximate surface area is 157 Å². The number of alkyl halides is 3. The number of benzene rings is 1. The minimum Gasteiger partial charge on any atom is -0.489 e. The van der Waals surface area contributed by atoms with Crippen molar-refractivity contribution < 1.29 is 17.9 Å². The van der Waals surface area contributed by atoms with Gasteiger partial charge in [-0.1, -0.05) is 30.9 Å². The Kier molecular flexibility index (Phi) is 11.3. The van der Waals surface area contributed by atoms with Gasteiger partial charge in [-0.05, 0) is 13.0 Å². The van der Waals surface area contributed by atoms with E-state index in [1.807, 2.05) is 31.2 Å². The maximum Gasteiger partial charge on any atom is 0.390 e. The SMILES string of the molecule is C=CCOc1ccccc1CN=C(NCC)NCCC(F)(F)F.I. The molecule has 0 aliphatic carbocycles. The quantitative estimate of drug-likeness (QED) is 0.270. The first-order valence-corrected chi connectivity index (χ1v) is 7.36. The average Bonchev–Trinajstić information content (AvgIpc) is 2.50. The Morgan fingerprint density at radius 2 is 2.00 bits per heavy atom. The third-order valence-electron chi connectivity index (χ3n) is 2.78. The highest BCUT2D eigenvalue weighted by molar-refractivity contribution is 14.0. The van der Waals surface area contributed by atoms with E-state index in [0.717, 1.165) is 5.56 Å². The summed E-state index contributed by atoms with van der Waals surface area (Å²) in [6, 6.07) is 7.38. The lowest BCUT2D eigenvalue weighted by Crippen LogP contribution is -2.38. The molecule has 136 valence electrons. The Morgan fingerprint density at radius 3 is 2.62 bits per heavy atom. The van der Waals surface area contributed by atoms with E-state index < -0.39 is 12.6 Å². The van der Waals surface area contributed by atoms with Gasteiger partial charge in [0.1, 0.15) is 12.4 Å². The van der Waals surface area contributed by atoms with Gasteiger partial charge in [0.15, 0.2) is 5.96 Å². The first-order chi connectivity index (χ1) is 11.0. The molecule has 0 aliphatic heterocycles. The van der Waals surface area contributed by atoms with Crippen molar-refractivity contribution in [3.63, 3.8) is 0 Å². The fourth-order valence-corrected chi connectivity index (χ4v) is 1.75. The minimum atomic E-state index is -4.19. The predicted octanol–water partition coefficient (Wildman–Crippen LogP) is 3.88. The van der Waals surface area contributed by atoms with Crippen molar-refractivity contribution in [2.75, 3.05) is 19.7 Å². The second-order valence-corrected chi connectivity index (χ2v) is 4.69. The number of hydrogen-bond donors (Lipinski definition) is 2. The van der Waals surface area contributed by atoms with E-state index in [0.29, 0.717) is 31.4 Å². The van der Waals surface area contributed by atoms with Gasteiger partial charge < -0.3 is 15.4 Å². The maximum absolute atomic E-state index is 12.2. The number of guanidine groups is 1. The zero-order valence-corrected chi connectivity index (χ0v) is 15.9. The number of para-hydroxylation sites is 1. The molecule has 0 saturated heterocycles. The number of nitrogens with zero attached hydrogens (tertiary/aromatic N) is 1. The second-order valence-electron chi connectivity index (χ2n) is 4.69. The Balaban J connectivity index is 0.00000529. The molecule has 0 spiro atoms. The van der Waals surface area contributed by atoms with Gasteiger partial charge in [-0.15, -0.1) is 24.0 Å². The summed E-state index contributed by atoms with van der Waals surface area (Å²) in [4.78, 5) is 4.29. The summed E-state index contributed by atoms with van der Waals surface area (Å²) in [7, 11) is 0. The van der Waals surface area contributed by atoms with Gasteiger partial charge in [-0.3, -0.25) is 0 Å². The molecule has 0 heterocycles. The lowest BCUT2D eigenvalue weighted by Gasteiger charge is -2.13. The largest absolute Gasteiger partial charge is 0.489 e. The van der Waals surface area contributed by atoms with Crippen LogP contribution >= 0.6 is 24.0 Å². The molecule has 0 bridgehead atoms. The molecular weight excluding hydrogens is 434 g/mol. The molecule has 8 heteroatoms. The van der Waals surface area contributed by atoms with E-state index in [-0.39, 0.29) is 30.5 Å². The van der Waals surface area contributed by atoms with Crippen LogP contribution in [0.1, 0.15) is 18.9 Å². The number of aliphatic imine (C=N–C) groups is 1. The lowest BCUT2D eigenvalue weighted by atomic mass is 10.2. The van der Waals surface area contributed by atoms with E-state index in [1.165, 1.54) is 0 Å². The highest BCUT2D eigenvalue weighted by atomic mass is 127. The molecule has 0 amide bonds. The summed E-state index contributed by atoms with van der Waals surface area (Å²) >= 11 is 0. The predicted molar refractivity (Wildman–Crippen MR) is 101 cm³/mol. The Morgan fingerprint density at radius 1 is 1.29 bits per heavy atom. The average molecular weight is 457 g/mol. The van der Waals surface area contributed by atoms with Gasteiger partial charge >= 0.3 is 6.18 Å². The first kappa shape index (κ1) is 22.6. The summed E-state index contributed by atoms with van der Waals surface area (Å²) in [6.45, 7) is 6.47. The molecule has 24 heavy (non-hydrogen) atoms. The van der Waals surface area contributed by atoms with Crippen LogP contribution in [0.4, 0.5) is 13.2 Å². The van der Waals surface area contributed by atoms with Gasteiger partial charge in [-0.2, -0.15) is 13.2 Å². The van der Waals surface area contributed by atoms with Crippen molar-refractivity contribution in [2.45, 2.75) is 26.1 Å². The molecule has 4 nitrogen and oxygen atoms in total. The van der Waals surface area contributed by atoms with Crippen molar-refractivity contribution >= 4 is 29.9 Å². The monoisotopic (exact) mass is 457 g/mol. The molecule has 0 atom stereocenters. The van der Waals surface area contributed by atoms with E-state index in [1.54, 1.807) is 6.08 Å². The summed E-state index contributed by atoms with van der Waals surface area (Å²) < 4.78 is 42.1. The summed E-state index contributed by atoms with van der Waals surface area (Å²) in [5.41, 5.74) is 0.849. The number of hydrogen-bond acceptors (Lipinski definition) is 2. The van der Waals surface area contributed by atoms with Crippen molar-refractivity contribution in [3.05, 3.63) is 42.5 Å². The number of rotatable bonds is 8. The Bertz CT molecular complexity index is 522. The zero-order valence-electron chi connectivity index (χ0n) is 13.5. The van der Waals surface area contributed by atoms with Crippen molar-refractivity contribution in [1.82, 2.24) is 10.6 Å². The van der Waals surface area contributed by atoms with Crippen LogP contribution < -0.4 is 15.4 Å². The topological polar surface area (TPSA) is 45.6 Å². The van der Waals surface area contributed by atoms with Crippen molar-refractivity contribution in [2.24, 2.45) is 4.99 Å². The molecular formula is C16H23F3IN3O. The normalized spacial score (nSPS) is 11.4. The van der Waals surface area contributed by atoms with Crippen LogP contribution in [0.2, 0.25) is 0 Å². The van der Waals surface area contributed by atoms with Crippen LogP contribution in [0.5, 0.6) is 5.75 Å². The molecule has 0 radical (unpaired) electrons. The zero-order chi connectivity index (χ0) is 17.1. The highest BCUT2D eigenvalue weighted by Crippen LogP contribution is 2.19. The third-order valence-corrected chi connectivity index (χ3v) is 2.78. The number of nitrogens with one attached hydrogen (secondary N) is 2.